The number of para-hydroxylation sites is 1. The van der Waals surface area contributed by atoms with Crippen LogP contribution in [-0.4, -0.2) is 42.0 Å². The minimum Gasteiger partial charge on any atom is -0.503 e. The molecule has 3 aromatic rings. The molecule has 1 N–H and O–H groups in total. The Hall–Kier alpha value is -2.80. The number of Topliss-reactive ketones (excluding diaryl/α,β-unsaturated/α-hetero) is 1. The van der Waals surface area contributed by atoms with Gasteiger partial charge in [-0.15, -0.1) is 0 Å². The van der Waals surface area contributed by atoms with E-state index in [-0.39, 0.29) is 29.5 Å². The van der Waals surface area contributed by atoms with Crippen LogP contribution in [-0.2, 0) is 9.53 Å². The summed E-state index contributed by atoms with van der Waals surface area (Å²) in [6, 6.07) is 12.7. The topological polar surface area (TPSA) is 80.0 Å². The third-order valence-electron chi connectivity index (χ3n) is 4.99. The van der Waals surface area contributed by atoms with E-state index in [1.165, 1.54) is 12.0 Å². The first kappa shape index (κ1) is 20.5. The van der Waals surface area contributed by atoms with Crippen LogP contribution in [0.4, 0.5) is 0 Å². The number of benzene rings is 2. The number of aliphatic hydroxyl groups is 1. The normalized spacial score (nSPS) is 16.7. The van der Waals surface area contributed by atoms with Crippen molar-refractivity contribution < 1.29 is 23.8 Å². The molecule has 1 amide bonds. The number of ether oxygens (including phenoxy) is 1. The molecule has 0 saturated carbocycles. The Morgan fingerprint density at radius 3 is 2.63 bits per heavy atom. The molecule has 8 heteroatoms. The predicted octanol–water partition coefficient (Wildman–Crippen LogP) is 4.96. The van der Waals surface area contributed by atoms with E-state index in [0.29, 0.717) is 16.2 Å². The Morgan fingerprint density at radius 2 is 1.93 bits per heavy atom. The second kappa shape index (κ2) is 8.14. The van der Waals surface area contributed by atoms with Gasteiger partial charge < -0.3 is 19.2 Å². The standard InChI is InChI=1S/C22H17Cl2NO5/c1-29-9-8-25-19(13-6-7-14(23)15(24)10-13)18(21(27)22(25)28)20(26)17-11-12-4-2-3-5-16(12)30-17/h2-7,10-11,19,27H,8-9H2,1H3/t19-/m1/s1. The number of methoxy groups -OCH3 is 1. The molecule has 30 heavy (non-hydrogen) atoms. The second-order valence-corrected chi connectivity index (χ2v) is 7.62. The zero-order valence-electron chi connectivity index (χ0n) is 15.9. The van der Waals surface area contributed by atoms with Gasteiger partial charge in [-0.1, -0.05) is 47.5 Å². The van der Waals surface area contributed by atoms with Crippen LogP contribution >= 0.6 is 23.2 Å². The Kier molecular flexibility index (Phi) is 5.56. The number of rotatable bonds is 6. The van der Waals surface area contributed by atoms with Crippen molar-refractivity contribution in [3.63, 3.8) is 0 Å². The summed E-state index contributed by atoms with van der Waals surface area (Å²) in [5.41, 5.74) is 0.999. The molecule has 154 valence electrons. The lowest BCUT2D eigenvalue weighted by molar-refractivity contribution is -0.130. The van der Waals surface area contributed by atoms with Crippen LogP contribution in [0.2, 0.25) is 10.0 Å². The molecule has 0 fully saturated rings. The molecule has 1 aliphatic heterocycles. The molecule has 0 bridgehead atoms. The highest BCUT2D eigenvalue weighted by Crippen LogP contribution is 2.40. The summed E-state index contributed by atoms with van der Waals surface area (Å²) in [5.74, 6) is -1.83. The number of ketones is 1. The van der Waals surface area contributed by atoms with Gasteiger partial charge in [0, 0.05) is 19.0 Å². The van der Waals surface area contributed by atoms with E-state index in [9.17, 15) is 14.7 Å². The van der Waals surface area contributed by atoms with Gasteiger partial charge in [-0.2, -0.15) is 0 Å². The van der Waals surface area contributed by atoms with Crippen molar-refractivity contribution in [1.29, 1.82) is 0 Å². The maximum atomic E-state index is 13.3. The number of hydrogen-bond acceptors (Lipinski definition) is 5. The summed E-state index contributed by atoms with van der Waals surface area (Å²) in [6.07, 6.45) is 0. The van der Waals surface area contributed by atoms with Gasteiger partial charge >= 0.3 is 0 Å². The number of fused-ring (bicyclic) bond motifs is 1. The monoisotopic (exact) mass is 445 g/mol. The lowest BCUT2D eigenvalue weighted by Crippen LogP contribution is -2.34. The van der Waals surface area contributed by atoms with Crippen LogP contribution in [0.25, 0.3) is 11.0 Å². The quantitative estimate of drug-likeness (QED) is 0.542. The first-order valence-electron chi connectivity index (χ1n) is 9.13. The summed E-state index contributed by atoms with van der Waals surface area (Å²) in [6.45, 7) is 0.393. The average molecular weight is 446 g/mol. The van der Waals surface area contributed by atoms with Crippen molar-refractivity contribution in [2.45, 2.75) is 6.04 Å². The zero-order valence-corrected chi connectivity index (χ0v) is 17.4. The van der Waals surface area contributed by atoms with E-state index in [4.69, 9.17) is 32.4 Å². The average Bonchev–Trinajstić information content (AvgIpc) is 3.28. The van der Waals surface area contributed by atoms with Gasteiger partial charge in [0.1, 0.15) is 5.58 Å². The SMILES string of the molecule is COCCN1C(=O)C(O)=C(C(=O)c2cc3ccccc3o2)[C@H]1c1ccc(Cl)c(Cl)c1. The second-order valence-electron chi connectivity index (χ2n) is 6.81. The van der Waals surface area contributed by atoms with Crippen LogP contribution in [0.1, 0.15) is 22.2 Å². The van der Waals surface area contributed by atoms with Gasteiger partial charge in [-0.25, -0.2) is 0 Å². The molecule has 2 aromatic carbocycles. The lowest BCUT2D eigenvalue weighted by atomic mass is 9.95. The molecule has 1 atom stereocenters. The van der Waals surface area contributed by atoms with Gasteiger partial charge in [0.15, 0.2) is 11.5 Å². The van der Waals surface area contributed by atoms with Crippen LogP contribution < -0.4 is 0 Å². The third kappa shape index (κ3) is 3.47. The Balaban J connectivity index is 1.82. The van der Waals surface area contributed by atoms with Crippen molar-refractivity contribution in [2.24, 2.45) is 0 Å². The Labute approximate surface area is 182 Å². The summed E-state index contributed by atoms with van der Waals surface area (Å²) >= 11 is 12.2. The van der Waals surface area contributed by atoms with Crippen LogP contribution in [0.15, 0.2) is 64.3 Å². The fraction of sp³-hybridized carbons (Fsp3) is 0.182. The molecule has 0 spiro atoms. The highest BCUT2D eigenvalue weighted by Gasteiger charge is 2.44. The smallest absolute Gasteiger partial charge is 0.290 e. The molecule has 0 unspecified atom stereocenters. The summed E-state index contributed by atoms with van der Waals surface area (Å²) in [5, 5.41) is 12.0. The number of carbonyl (C=O) groups is 2. The molecule has 1 aromatic heterocycles. The number of furan rings is 1. The summed E-state index contributed by atoms with van der Waals surface area (Å²) < 4.78 is 10.8. The van der Waals surface area contributed by atoms with Crippen molar-refractivity contribution in [1.82, 2.24) is 4.90 Å². The largest absolute Gasteiger partial charge is 0.503 e. The maximum Gasteiger partial charge on any atom is 0.290 e. The number of nitrogens with zero attached hydrogens (tertiary/aromatic N) is 1. The first-order chi connectivity index (χ1) is 14.4. The van der Waals surface area contributed by atoms with Gasteiger partial charge in [0.05, 0.1) is 28.3 Å². The molecule has 0 aliphatic carbocycles. The maximum absolute atomic E-state index is 13.3. The van der Waals surface area contributed by atoms with Gasteiger partial charge in [0.25, 0.3) is 5.91 Å². The molecule has 2 heterocycles. The molecule has 0 saturated heterocycles. The molecule has 0 radical (unpaired) electrons. The zero-order chi connectivity index (χ0) is 21.4. The minimum absolute atomic E-state index is 0.0317. The molecule has 1 aliphatic rings. The number of aliphatic hydroxyl groups excluding tert-OH is 1. The van der Waals surface area contributed by atoms with Crippen molar-refractivity contribution in [3.8, 4) is 0 Å². The number of hydrogen-bond donors (Lipinski definition) is 1. The van der Waals surface area contributed by atoms with Crippen molar-refractivity contribution >= 4 is 45.9 Å². The fourth-order valence-corrected chi connectivity index (χ4v) is 3.87. The first-order valence-corrected chi connectivity index (χ1v) is 9.89. The minimum atomic E-state index is -0.858. The number of amides is 1. The van der Waals surface area contributed by atoms with Gasteiger partial charge in [0.2, 0.25) is 5.78 Å². The van der Waals surface area contributed by atoms with Crippen LogP contribution in [0, 0.1) is 0 Å². The van der Waals surface area contributed by atoms with E-state index in [2.05, 4.69) is 0 Å². The van der Waals surface area contributed by atoms with Crippen molar-refractivity contribution in [3.05, 3.63) is 81.2 Å². The highest BCUT2D eigenvalue weighted by atomic mass is 35.5. The van der Waals surface area contributed by atoms with E-state index >= 15 is 0 Å². The Morgan fingerprint density at radius 1 is 1.17 bits per heavy atom. The van der Waals surface area contributed by atoms with E-state index < -0.39 is 23.5 Å². The highest BCUT2D eigenvalue weighted by molar-refractivity contribution is 6.42. The van der Waals surface area contributed by atoms with E-state index in [0.717, 1.165) is 5.39 Å². The summed E-state index contributed by atoms with van der Waals surface area (Å²) in [4.78, 5) is 27.5. The molecule has 6 nitrogen and oxygen atoms in total. The van der Waals surface area contributed by atoms with E-state index in [1.54, 1.807) is 36.4 Å². The van der Waals surface area contributed by atoms with Crippen LogP contribution in [0.3, 0.4) is 0 Å². The number of carbonyl (C=O) groups excluding carboxylic acids is 2. The van der Waals surface area contributed by atoms with Gasteiger partial charge in [-0.05, 0) is 29.8 Å². The van der Waals surface area contributed by atoms with Gasteiger partial charge in [-0.3, -0.25) is 9.59 Å². The molecular formula is C22H17Cl2NO5. The van der Waals surface area contributed by atoms with E-state index in [1.807, 2.05) is 12.1 Å². The Bertz CT molecular complexity index is 1150. The summed E-state index contributed by atoms with van der Waals surface area (Å²) in [7, 11) is 1.50. The fourth-order valence-electron chi connectivity index (χ4n) is 3.56. The predicted molar refractivity (Wildman–Crippen MR) is 113 cm³/mol. The molecule has 4 rings (SSSR count). The number of halogens is 2. The lowest BCUT2D eigenvalue weighted by Gasteiger charge is -2.26. The molecular weight excluding hydrogens is 429 g/mol. The van der Waals surface area contributed by atoms with Crippen LogP contribution in [0.5, 0.6) is 0 Å². The third-order valence-corrected chi connectivity index (χ3v) is 5.73. The van der Waals surface area contributed by atoms with Crippen molar-refractivity contribution in [2.75, 3.05) is 20.3 Å².